The molecule has 0 saturated heterocycles. The minimum Gasteiger partial charge on any atom is -0.478 e. The van der Waals surface area contributed by atoms with Crippen LogP contribution in [0.15, 0.2) is 78.1 Å². The molecule has 0 bridgehead atoms. The summed E-state index contributed by atoms with van der Waals surface area (Å²) in [7, 11) is -2.05. The molecule has 33 heavy (non-hydrogen) atoms. The summed E-state index contributed by atoms with van der Waals surface area (Å²) in [5.41, 5.74) is 1.35. The van der Waals surface area contributed by atoms with Crippen LogP contribution in [0.5, 0.6) is 0 Å². The first-order valence-corrected chi connectivity index (χ1v) is 11.0. The van der Waals surface area contributed by atoms with Gasteiger partial charge in [0.15, 0.2) is 0 Å². The summed E-state index contributed by atoms with van der Waals surface area (Å²) >= 11 is 0. The van der Waals surface area contributed by atoms with Crippen LogP contribution in [0.2, 0.25) is 0 Å². The lowest BCUT2D eigenvalue weighted by Crippen LogP contribution is -2.14. The number of halogens is 1. The monoisotopic (exact) mass is 475 g/mol. The Labute approximate surface area is 189 Å². The molecule has 0 amide bonds. The fourth-order valence-electron chi connectivity index (χ4n) is 2.72. The van der Waals surface area contributed by atoms with Crippen molar-refractivity contribution in [2.24, 2.45) is 0 Å². The number of carboxylic acids is 2. The van der Waals surface area contributed by atoms with Gasteiger partial charge in [-0.25, -0.2) is 26.4 Å². The number of likely N-dealkylation sites (N-methyl/N-ethyl adjacent to an activating group) is 1. The third kappa shape index (κ3) is 7.09. The summed E-state index contributed by atoms with van der Waals surface area (Å²) in [6, 6.07) is 10.9. The summed E-state index contributed by atoms with van der Waals surface area (Å²) in [6.45, 7) is 0.688. The number of hydrogen-bond acceptors (Lipinski definition) is 6. The van der Waals surface area contributed by atoms with Gasteiger partial charge in [0.25, 0.3) is 10.0 Å². The molecule has 1 aromatic carbocycles. The zero-order valence-electron chi connectivity index (χ0n) is 17.6. The highest BCUT2D eigenvalue weighted by atomic mass is 32.2. The summed E-state index contributed by atoms with van der Waals surface area (Å²) in [5, 5.41) is 18.6. The van der Waals surface area contributed by atoms with Crippen LogP contribution >= 0.6 is 0 Å². The van der Waals surface area contributed by atoms with Crippen molar-refractivity contribution in [3.63, 3.8) is 0 Å². The molecule has 2 heterocycles. The molecule has 174 valence electrons. The molecule has 0 radical (unpaired) electrons. The highest BCUT2D eigenvalue weighted by Gasteiger charge is 2.23. The van der Waals surface area contributed by atoms with Crippen LogP contribution < -0.4 is 5.32 Å². The van der Waals surface area contributed by atoms with Gasteiger partial charge in [0.1, 0.15) is 10.7 Å². The van der Waals surface area contributed by atoms with E-state index in [1.165, 1.54) is 24.5 Å². The molecule has 11 heteroatoms. The number of carbonyl (C=O) groups is 2. The fourth-order valence-corrected chi connectivity index (χ4v) is 4.08. The van der Waals surface area contributed by atoms with Crippen molar-refractivity contribution in [2.75, 3.05) is 13.6 Å². The quantitative estimate of drug-likeness (QED) is 0.422. The van der Waals surface area contributed by atoms with Crippen molar-refractivity contribution in [3.05, 3.63) is 84.6 Å². The molecule has 0 spiro atoms. The van der Waals surface area contributed by atoms with E-state index in [2.05, 4.69) is 10.3 Å². The molecule has 0 aliphatic heterocycles. The van der Waals surface area contributed by atoms with Gasteiger partial charge in [-0.15, -0.1) is 0 Å². The third-order valence-electron chi connectivity index (χ3n) is 4.22. The van der Waals surface area contributed by atoms with Crippen molar-refractivity contribution in [1.82, 2.24) is 14.3 Å². The van der Waals surface area contributed by atoms with Crippen LogP contribution in [0.25, 0.3) is 11.3 Å². The average molecular weight is 475 g/mol. The minimum absolute atomic E-state index is 0.0587. The number of hydrogen-bond donors (Lipinski definition) is 3. The number of aliphatic carboxylic acids is 2. The largest absolute Gasteiger partial charge is 0.478 e. The summed E-state index contributed by atoms with van der Waals surface area (Å²) in [6.07, 6.45) is 6.08. The lowest BCUT2D eigenvalue weighted by atomic mass is 10.1. The fraction of sp³-hybridized carbons (Fsp3) is 0.136. The molecular weight excluding hydrogens is 453 g/mol. The maximum absolute atomic E-state index is 14.3. The van der Waals surface area contributed by atoms with Gasteiger partial charge in [-0.1, -0.05) is 12.1 Å². The van der Waals surface area contributed by atoms with E-state index in [1.54, 1.807) is 36.5 Å². The second kappa shape index (κ2) is 11.7. The van der Waals surface area contributed by atoms with E-state index in [0.29, 0.717) is 30.8 Å². The van der Waals surface area contributed by atoms with Gasteiger partial charge in [-0.05, 0) is 55.9 Å². The molecule has 9 nitrogen and oxygen atoms in total. The normalized spacial score (nSPS) is 11.1. The Hall–Kier alpha value is -3.83. The Morgan fingerprint density at radius 2 is 1.79 bits per heavy atom. The third-order valence-corrected chi connectivity index (χ3v) is 5.87. The standard InChI is InChI=1S/C18H18FN3O2S.C4H4O4/c1-20-10-8-14-11-18(16-6-2-3-7-17(16)19)22(13-14)25(23,24)15-5-4-9-21-12-15;5-3(6)1-2-4(7)8/h2-7,9,11-13,20H,8,10H2,1H3;1-2H,(H,5,6)(H,7,8)/b;2-1+. The zero-order valence-corrected chi connectivity index (χ0v) is 18.4. The van der Waals surface area contributed by atoms with Gasteiger partial charge in [0.2, 0.25) is 0 Å². The molecule has 3 rings (SSSR count). The Balaban J connectivity index is 0.000000414. The predicted octanol–water partition coefficient (Wildman–Crippen LogP) is 2.40. The van der Waals surface area contributed by atoms with E-state index < -0.39 is 27.8 Å². The van der Waals surface area contributed by atoms with E-state index in [4.69, 9.17) is 10.2 Å². The summed E-state index contributed by atoms with van der Waals surface area (Å²) in [5.74, 6) is -2.98. The highest BCUT2D eigenvalue weighted by Crippen LogP contribution is 2.29. The topological polar surface area (TPSA) is 139 Å². The molecule has 0 fully saturated rings. The Morgan fingerprint density at radius 1 is 1.12 bits per heavy atom. The maximum Gasteiger partial charge on any atom is 0.328 e. The number of nitrogens with zero attached hydrogens (tertiary/aromatic N) is 2. The Bertz CT molecular complexity index is 1220. The molecular formula is C22H22FN3O6S. The van der Waals surface area contributed by atoms with Gasteiger partial charge >= 0.3 is 11.9 Å². The average Bonchev–Trinajstić information content (AvgIpc) is 3.22. The zero-order chi connectivity index (χ0) is 24.4. The number of aromatic nitrogens is 2. The Morgan fingerprint density at radius 3 is 2.33 bits per heavy atom. The van der Waals surface area contributed by atoms with Crippen molar-refractivity contribution in [2.45, 2.75) is 11.3 Å². The number of rotatable bonds is 8. The van der Waals surface area contributed by atoms with Crippen LogP contribution in [0.3, 0.4) is 0 Å². The molecule has 3 aromatic rings. The van der Waals surface area contributed by atoms with Crippen molar-refractivity contribution in [3.8, 4) is 11.3 Å². The van der Waals surface area contributed by atoms with Crippen LogP contribution in [-0.2, 0) is 26.0 Å². The first-order chi connectivity index (χ1) is 15.7. The van der Waals surface area contributed by atoms with Gasteiger partial charge in [-0.3, -0.25) is 4.98 Å². The van der Waals surface area contributed by atoms with E-state index in [0.717, 1.165) is 9.54 Å². The van der Waals surface area contributed by atoms with E-state index in [-0.39, 0.29) is 10.5 Å². The molecule has 3 N–H and O–H groups in total. The molecule has 0 unspecified atom stereocenters. The number of nitrogens with one attached hydrogen (secondary N) is 1. The summed E-state index contributed by atoms with van der Waals surface area (Å²) in [4.78, 5) is 23.0. The molecule has 2 aromatic heterocycles. The second-order valence-corrected chi connectivity index (χ2v) is 8.38. The molecule has 0 aliphatic carbocycles. The van der Waals surface area contributed by atoms with E-state index in [1.807, 2.05) is 7.05 Å². The molecule has 0 atom stereocenters. The molecule has 0 saturated carbocycles. The number of carboxylic acid groups (broad SMARTS) is 2. The number of pyridine rings is 1. The maximum atomic E-state index is 14.3. The first-order valence-electron chi connectivity index (χ1n) is 9.57. The predicted molar refractivity (Wildman–Crippen MR) is 119 cm³/mol. The van der Waals surface area contributed by atoms with Crippen LogP contribution in [0.4, 0.5) is 4.39 Å². The van der Waals surface area contributed by atoms with Crippen molar-refractivity contribution >= 4 is 22.0 Å². The highest BCUT2D eigenvalue weighted by molar-refractivity contribution is 7.90. The van der Waals surface area contributed by atoms with Gasteiger partial charge in [0.05, 0.1) is 5.69 Å². The molecule has 0 aliphatic rings. The smallest absolute Gasteiger partial charge is 0.328 e. The van der Waals surface area contributed by atoms with Crippen LogP contribution in [-0.4, -0.2) is 53.1 Å². The summed E-state index contributed by atoms with van der Waals surface area (Å²) < 4.78 is 41.4. The van der Waals surface area contributed by atoms with E-state index >= 15 is 0 Å². The Kier molecular flexibility index (Phi) is 9.01. The second-order valence-electron chi connectivity index (χ2n) is 6.57. The first kappa shape index (κ1) is 25.4. The minimum atomic E-state index is -3.87. The van der Waals surface area contributed by atoms with Crippen LogP contribution in [0.1, 0.15) is 5.56 Å². The lowest BCUT2D eigenvalue weighted by Gasteiger charge is -2.10. The van der Waals surface area contributed by atoms with Crippen LogP contribution in [0, 0.1) is 5.82 Å². The van der Waals surface area contributed by atoms with Crippen molar-refractivity contribution < 1.29 is 32.6 Å². The lowest BCUT2D eigenvalue weighted by molar-refractivity contribution is -0.134. The van der Waals surface area contributed by atoms with Gasteiger partial charge in [-0.2, -0.15) is 0 Å². The number of benzene rings is 1. The van der Waals surface area contributed by atoms with E-state index in [9.17, 15) is 22.4 Å². The van der Waals surface area contributed by atoms with Crippen molar-refractivity contribution in [1.29, 1.82) is 0 Å². The van der Waals surface area contributed by atoms with Gasteiger partial charge < -0.3 is 15.5 Å². The van der Waals surface area contributed by atoms with Gasteiger partial charge in [0, 0.05) is 36.3 Å². The SMILES string of the molecule is CNCCc1cc(-c2ccccc2F)n(S(=O)(=O)c2cccnc2)c1.O=C(O)/C=C/C(=O)O.